The van der Waals surface area contributed by atoms with E-state index in [1.165, 1.54) is 12.1 Å². The van der Waals surface area contributed by atoms with Gasteiger partial charge in [0.05, 0.1) is 19.8 Å². The van der Waals surface area contributed by atoms with E-state index in [1.54, 1.807) is 14.2 Å². The fourth-order valence-electron chi connectivity index (χ4n) is 3.86. The van der Waals surface area contributed by atoms with Crippen LogP contribution in [0.15, 0.2) is 42.5 Å². The first-order valence-electron chi connectivity index (χ1n) is 9.66. The Morgan fingerprint density at radius 3 is 2.29 bits per heavy atom. The maximum absolute atomic E-state index is 13.2. The third kappa shape index (κ3) is 5.01. The summed E-state index contributed by atoms with van der Waals surface area (Å²) >= 11 is 0. The third-order valence-corrected chi connectivity index (χ3v) is 5.36. The summed E-state index contributed by atoms with van der Waals surface area (Å²) in [6.45, 7) is 4.29. The summed E-state index contributed by atoms with van der Waals surface area (Å²) in [7, 11) is 3.35. The van der Waals surface area contributed by atoms with Gasteiger partial charge in [-0.15, -0.1) is 0 Å². The van der Waals surface area contributed by atoms with E-state index >= 15 is 0 Å². The van der Waals surface area contributed by atoms with Crippen LogP contribution in [0.3, 0.4) is 0 Å². The fraction of sp³-hybridized carbons (Fsp3) is 0.455. The summed E-state index contributed by atoms with van der Waals surface area (Å²) in [4.78, 5) is 4.75. The Morgan fingerprint density at radius 1 is 1.00 bits per heavy atom. The molecule has 1 aliphatic rings. The second-order valence-corrected chi connectivity index (χ2v) is 7.14. The van der Waals surface area contributed by atoms with Crippen molar-refractivity contribution in [3.63, 3.8) is 0 Å². The number of aliphatic hydroxyl groups excluding tert-OH is 1. The van der Waals surface area contributed by atoms with Gasteiger partial charge >= 0.3 is 0 Å². The molecule has 0 radical (unpaired) electrons. The maximum atomic E-state index is 13.2. The van der Waals surface area contributed by atoms with Crippen LogP contribution in [0.4, 0.5) is 4.39 Å². The van der Waals surface area contributed by atoms with Crippen LogP contribution in [0.25, 0.3) is 0 Å². The molecule has 5 nitrogen and oxygen atoms in total. The molecule has 2 aromatic carbocycles. The van der Waals surface area contributed by atoms with Gasteiger partial charge in [0.15, 0.2) is 0 Å². The largest absolute Gasteiger partial charge is 0.496 e. The Labute approximate surface area is 166 Å². The Hall–Kier alpha value is -2.15. The number of ether oxygens (including phenoxy) is 2. The van der Waals surface area contributed by atoms with Crippen LogP contribution in [-0.2, 0) is 13.1 Å². The normalized spacial score (nSPS) is 18.2. The minimum atomic E-state index is -0.216. The van der Waals surface area contributed by atoms with Crippen molar-refractivity contribution in [1.29, 1.82) is 0 Å². The van der Waals surface area contributed by atoms with Gasteiger partial charge in [-0.3, -0.25) is 9.80 Å². The molecule has 2 aromatic rings. The minimum absolute atomic E-state index is 0.149. The lowest BCUT2D eigenvalue weighted by molar-refractivity contribution is 0.0492. The number of nitrogens with zero attached hydrogens (tertiary/aromatic N) is 2. The Morgan fingerprint density at radius 2 is 1.68 bits per heavy atom. The van der Waals surface area contributed by atoms with Crippen LogP contribution in [0, 0.1) is 5.82 Å². The van der Waals surface area contributed by atoms with E-state index < -0.39 is 0 Å². The first-order valence-corrected chi connectivity index (χ1v) is 9.66. The fourth-order valence-corrected chi connectivity index (χ4v) is 3.86. The van der Waals surface area contributed by atoms with Gasteiger partial charge in [-0.25, -0.2) is 4.39 Å². The van der Waals surface area contributed by atoms with Gasteiger partial charge in [0.1, 0.15) is 17.3 Å². The molecule has 152 valence electrons. The summed E-state index contributed by atoms with van der Waals surface area (Å²) in [5, 5.41) is 9.54. The molecule has 1 fully saturated rings. The molecule has 0 unspecified atom stereocenters. The van der Waals surface area contributed by atoms with Gasteiger partial charge in [0.25, 0.3) is 0 Å². The zero-order valence-electron chi connectivity index (χ0n) is 16.6. The second-order valence-electron chi connectivity index (χ2n) is 7.14. The molecule has 0 saturated carbocycles. The molecular formula is C22H29FN2O3. The van der Waals surface area contributed by atoms with E-state index in [4.69, 9.17) is 9.47 Å². The summed E-state index contributed by atoms with van der Waals surface area (Å²) in [6, 6.07) is 12.7. The van der Waals surface area contributed by atoms with E-state index in [-0.39, 0.29) is 18.5 Å². The standard InChI is InChI=1S/C22H29FN2O3/c1-27-21-4-3-5-22(28-2)20(21)16-24-11-12-25(19(15-24)10-13-26)14-17-6-8-18(23)9-7-17/h3-9,19,26H,10-16H2,1-2H3/t19-/m0/s1. The van der Waals surface area contributed by atoms with Crippen molar-refractivity contribution in [3.05, 3.63) is 59.4 Å². The van der Waals surface area contributed by atoms with Gasteiger partial charge in [-0.05, 0) is 36.2 Å². The van der Waals surface area contributed by atoms with E-state index in [0.717, 1.165) is 55.3 Å². The first kappa shape index (κ1) is 20.6. The zero-order valence-corrected chi connectivity index (χ0v) is 16.6. The third-order valence-electron chi connectivity index (χ3n) is 5.36. The summed E-state index contributed by atoms with van der Waals surface area (Å²) in [6.07, 6.45) is 0.709. The zero-order chi connectivity index (χ0) is 19.9. The highest BCUT2D eigenvalue weighted by atomic mass is 19.1. The Kier molecular flexibility index (Phi) is 7.25. The molecule has 28 heavy (non-hydrogen) atoms. The number of rotatable bonds is 8. The molecule has 0 bridgehead atoms. The smallest absolute Gasteiger partial charge is 0.127 e. The van der Waals surface area contributed by atoms with Crippen LogP contribution < -0.4 is 9.47 Å². The number of methoxy groups -OCH3 is 2. The number of aliphatic hydroxyl groups is 1. The summed E-state index contributed by atoms with van der Waals surface area (Å²) in [5.74, 6) is 1.44. The van der Waals surface area contributed by atoms with Crippen molar-refractivity contribution >= 4 is 0 Å². The lowest BCUT2D eigenvalue weighted by Crippen LogP contribution is -2.52. The first-order chi connectivity index (χ1) is 13.6. The van der Waals surface area contributed by atoms with Crippen LogP contribution in [0.1, 0.15) is 17.5 Å². The van der Waals surface area contributed by atoms with E-state index in [0.29, 0.717) is 6.42 Å². The molecule has 0 aromatic heterocycles. The van der Waals surface area contributed by atoms with Crippen LogP contribution >= 0.6 is 0 Å². The van der Waals surface area contributed by atoms with Crippen LogP contribution in [0.2, 0.25) is 0 Å². The van der Waals surface area contributed by atoms with E-state index in [1.807, 2.05) is 30.3 Å². The molecule has 1 heterocycles. The van der Waals surface area contributed by atoms with E-state index in [9.17, 15) is 9.50 Å². The summed E-state index contributed by atoms with van der Waals surface area (Å²) < 4.78 is 24.2. The highest BCUT2D eigenvalue weighted by Gasteiger charge is 2.27. The predicted octanol–water partition coefficient (Wildman–Crippen LogP) is 2.91. The molecule has 6 heteroatoms. The molecule has 0 aliphatic carbocycles. The summed E-state index contributed by atoms with van der Waals surface area (Å²) in [5.41, 5.74) is 2.13. The van der Waals surface area contributed by atoms with Crippen LogP contribution in [-0.4, -0.2) is 61.4 Å². The molecule has 1 saturated heterocycles. The lowest BCUT2D eigenvalue weighted by Gasteiger charge is -2.41. The van der Waals surface area contributed by atoms with Crippen molar-refractivity contribution < 1.29 is 19.0 Å². The van der Waals surface area contributed by atoms with Crippen molar-refractivity contribution in [1.82, 2.24) is 9.80 Å². The Bertz CT molecular complexity index is 732. The second kappa shape index (κ2) is 9.87. The van der Waals surface area contributed by atoms with Gasteiger partial charge < -0.3 is 14.6 Å². The van der Waals surface area contributed by atoms with Crippen molar-refractivity contribution in [2.75, 3.05) is 40.5 Å². The van der Waals surface area contributed by atoms with Crippen LogP contribution in [0.5, 0.6) is 11.5 Å². The van der Waals surface area contributed by atoms with E-state index in [2.05, 4.69) is 9.80 Å². The minimum Gasteiger partial charge on any atom is -0.496 e. The van der Waals surface area contributed by atoms with Gasteiger partial charge in [-0.1, -0.05) is 18.2 Å². The molecular weight excluding hydrogens is 359 g/mol. The lowest BCUT2D eigenvalue weighted by atomic mass is 10.1. The highest BCUT2D eigenvalue weighted by Crippen LogP contribution is 2.30. The van der Waals surface area contributed by atoms with Crippen molar-refractivity contribution in [2.45, 2.75) is 25.6 Å². The number of benzene rings is 2. The average Bonchev–Trinajstić information content (AvgIpc) is 2.72. The number of hydrogen-bond acceptors (Lipinski definition) is 5. The monoisotopic (exact) mass is 388 g/mol. The highest BCUT2D eigenvalue weighted by molar-refractivity contribution is 5.44. The van der Waals surface area contributed by atoms with Gasteiger partial charge in [0, 0.05) is 45.4 Å². The van der Waals surface area contributed by atoms with Crippen molar-refractivity contribution in [3.8, 4) is 11.5 Å². The average molecular weight is 388 g/mol. The predicted molar refractivity (Wildman–Crippen MR) is 107 cm³/mol. The number of piperazine rings is 1. The number of halogens is 1. The molecule has 0 amide bonds. The molecule has 3 rings (SSSR count). The van der Waals surface area contributed by atoms with Gasteiger partial charge in [0.2, 0.25) is 0 Å². The number of hydrogen-bond donors (Lipinski definition) is 1. The topological polar surface area (TPSA) is 45.2 Å². The molecule has 1 atom stereocenters. The van der Waals surface area contributed by atoms with Crippen molar-refractivity contribution in [2.24, 2.45) is 0 Å². The molecule has 1 N–H and O–H groups in total. The Balaban J connectivity index is 1.69. The maximum Gasteiger partial charge on any atom is 0.127 e. The molecule has 1 aliphatic heterocycles. The van der Waals surface area contributed by atoms with Gasteiger partial charge in [-0.2, -0.15) is 0 Å². The molecule has 0 spiro atoms. The SMILES string of the molecule is COc1cccc(OC)c1CN1CCN(Cc2ccc(F)cc2)[C@@H](CCO)C1. The quantitative estimate of drug-likeness (QED) is 0.753.